The zero-order chi connectivity index (χ0) is 15.5. The molecule has 0 aliphatic rings. The molecular formula is C14H20O5S2. The molecule has 0 saturated heterocycles. The zero-order valence-electron chi connectivity index (χ0n) is 11.6. The van der Waals surface area contributed by atoms with E-state index in [0.717, 1.165) is 5.75 Å². The van der Waals surface area contributed by atoms with E-state index in [-0.39, 0.29) is 24.0 Å². The Morgan fingerprint density at radius 2 is 1.81 bits per heavy atom. The van der Waals surface area contributed by atoms with Crippen LogP contribution in [-0.4, -0.2) is 63.6 Å². The maximum atomic E-state index is 10.8. The molecule has 0 saturated carbocycles. The predicted molar refractivity (Wildman–Crippen MR) is 86.6 cm³/mol. The lowest BCUT2D eigenvalue weighted by Crippen LogP contribution is -2.19. The number of ether oxygens (including phenoxy) is 1. The van der Waals surface area contributed by atoms with Crippen molar-refractivity contribution in [3.8, 4) is 5.75 Å². The van der Waals surface area contributed by atoms with Gasteiger partial charge in [-0.25, -0.2) is 4.79 Å². The Bertz CT molecular complexity index is 410. The van der Waals surface area contributed by atoms with Crippen LogP contribution in [0.15, 0.2) is 24.3 Å². The van der Waals surface area contributed by atoms with Crippen LogP contribution in [0, 0.1) is 0 Å². The highest BCUT2D eigenvalue weighted by Gasteiger charge is 2.11. The molecule has 0 aliphatic heterocycles. The van der Waals surface area contributed by atoms with Crippen molar-refractivity contribution >= 4 is 29.5 Å². The summed E-state index contributed by atoms with van der Waals surface area (Å²) in [7, 11) is 0. The highest BCUT2D eigenvalue weighted by molar-refractivity contribution is 8.03. The lowest BCUT2D eigenvalue weighted by molar-refractivity contribution is 0.0697. The number of benzene rings is 1. The van der Waals surface area contributed by atoms with Gasteiger partial charge in [0.2, 0.25) is 0 Å². The van der Waals surface area contributed by atoms with Crippen LogP contribution in [0.3, 0.4) is 0 Å². The van der Waals surface area contributed by atoms with E-state index in [0.29, 0.717) is 23.9 Å². The van der Waals surface area contributed by atoms with Crippen LogP contribution >= 0.6 is 23.5 Å². The number of carboxylic acid groups (broad SMARTS) is 1. The summed E-state index contributed by atoms with van der Waals surface area (Å²) in [6, 6.07) is 6.29. The van der Waals surface area contributed by atoms with Crippen LogP contribution in [-0.2, 0) is 0 Å². The molecule has 0 amide bonds. The summed E-state index contributed by atoms with van der Waals surface area (Å²) in [4.78, 5) is 10.8. The fourth-order valence-electron chi connectivity index (χ4n) is 1.53. The molecule has 0 unspecified atom stereocenters. The van der Waals surface area contributed by atoms with Gasteiger partial charge in [-0.1, -0.05) is 0 Å². The van der Waals surface area contributed by atoms with Crippen molar-refractivity contribution in [1.29, 1.82) is 0 Å². The summed E-state index contributed by atoms with van der Waals surface area (Å²) >= 11 is 3.27. The SMILES string of the molecule is O=C(O)c1ccc(OC[C@@H](CSCCO)SCCO)cc1. The number of aliphatic hydroxyl groups excluding tert-OH is 2. The Balaban J connectivity index is 2.44. The molecule has 21 heavy (non-hydrogen) atoms. The second kappa shape index (κ2) is 10.8. The molecule has 7 heteroatoms. The number of carboxylic acids is 1. The Morgan fingerprint density at radius 1 is 1.14 bits per heavy atom. The number of aromatic carboxylic acids is 1. The van der Waals surface area contributed by atoms with Crippen LogP contribution in [0.4, 0.5) is 0 Å². The van der Waals surface area contributed by atoms with Crippen LogP contribution < -0.4 is 4.74 Å². The topological polar surface area (TPSA) is 87.0 Å². The van der Waals surface area contributed by atoms with Crippen molar-refractivity contribution in [3.05, 3.63) is 29.8 Å². The minimum Gasteiger partial charge on any atom is -0.492 e. The average molecular weight is 332 g/mol. The highest BCUT2D eigenvalue weighted by Crippen LogP contribution is 2.19. The molecule has 0 aliphatic carbocycles. The van der Waals surface area contributed by atoms with Gasteiger partial charge in [0.15, 0.2) is 0 Å². The lowest BCUT2D eigenvalue weighted by Gasteiger charge is -2.16. The minimum absolute atomic E-state index is 0.124. The van der Waals surface area contributed by atoms with Crippen molar-refractivity contribution in [2.24, 2.45) is 0 Å². The first kappa shape index (κ1) is 18.2. The molecule has 1 rings (SSSR count). The van der Waals surface area contributed by atoms with Crippen molar-refractivity contribution in [2.45, 2.75) is 5.25 Å². The first-order chi connectivity index (χ1) is 10.2. The number of carbonyl (C=O) groups is 1. The third kappa shape index (κ3) is 7.61. The molecule has 3 N–H and O–H groups in total. The Kier molecular flexibility index (Phi) is 9.32. The molecule has 0 spiro atoms. The average Bonchev–Trinajstić information content (AvgIpc) is 2.50. The third-order valence-corrected chi connectivity index (χ3v) is 5.03. The molecule has 118 valence electrons. The van der Waals surface area contributed by atoms with E-state index >= 15 is 0 Å². The fraction of sp³-hybridized carbons (Fsp3) is 0.500. The molecule has 0 heterocycles. The number of aliphatic hydroxyl groups is 2. The quantitative estimate of drug-likeness (QED) is 0.530. The fourth-order valence-corrected chi connectivity index (χ4v) is 3.46. The molecule has 0 radical (unpaired) electrons. The zero-order valence-corrected chi connectivity index (χ0v) is 13.2. The summed E-state index contributed by atoms with van der Waals surface area (Å²) in [5.41, 5.74) is 0.229. The molecular weight excluding hydrogens is 312 g/mol. The van der Waals surface area contributed by atoms with Gasteiger partial charge in [-0.05, 0) is 24.3 Å². The monoisotopic (exact) mass is 332 g/mol. The van der Waals surface area contributed by atoms with Crippen LogP contribution in [0.25, 0.3) is 0 Å². The van der Waals surface area contributed by atoms with Crippen LogP contribution in [0.2, 0.25) is 0 Å². The van der Waals surface area contributed by atoms with Gasteiger partial charge in [-0.2, -0.15) is 23.5 Å². The first-order valence-corrected chi connectivity index (χ1v) is 8.75. The van der Waals surface area contributed by atoms with Crippen molar-refractivity contribution in [2.75, 3.05) is 37.1 Å². The summed E-state index contributed by atoms with van der Waals surface area (Å²) in [6.45, 7) is 0.758. The standard InChI is InChI=1S/C14H20O5S2/c15-5-7-20-10-13(21-8-6-16)9-19-12-3-1-11(2-4-12)14(17)18/h1-4,13,15-16H,5-10H2,(H,17,18)/t13-/m0/s1. The second-order valence-corrected chi connectivity index (χ2v) is 6.71. The van der Waals surface area contributed by atoms with Crippen molar-refractivity contribution in [1.82, 2.24) is 0 Å². The van der Waals surface area contributed by atoms with Gasteiger partial charge < -0.3 is 20.1 Å². The molecule has 1 aromatic carbocycles. The lowest BCUT2D eigenvalue weighted by atomic mass is 10.2. The number of hydrogen-bond acceptors (Lipinski definition) is 6. The normalized spacial score (nSPS) is 12.1. The molecule has 1 atom stereocenters. The van der Waals surface area contributed by atoms with Crippen LogP contribution in [0.1, 0.15) is 10.4 Å². The molecule has 5 nitrogen and oxygen atoms in total. The molecule has 1 aromatic rings. The second-order valence-electron chi connectivity index (χ2n) is 4.16. The van der Waals surface area contributed by atoms with Gasteiger partial charge in [-0.15, -0.1) is 0 Å². The molecule has 0 bridgehead atoms. The Labute approximate surface area is 132 Å². The predicted octanol–water partition coefficient (Wildman–Crippen LogP) is 1.58. The Morgan fingerprint density at radius 3 is 2.38 bits per heavy atom. The van der Waals surface area contributed by atoms with Gasteiger partial charge in [0.05, 0.1) is 18.8 Å². The summed E-state index contributed by atoms with van der Waals surface area (Å²) in [6.07, 6.45) is 0. The van der Waals surface area contributed by atoms with Gasteiger partial charge in [0, 0.05) is 22.5 Å². The highest BCUT2D eigenvalue weighted by atomic mass is 32.2. The van der Waals surface area contributed by atoms with E-state index in [1.165, 1.54) is 12.1 Å². The van der Waals surface area contributed by atoms with Crippen molar-refractivity contribution in [3.63, 3.8) is 0 Å². The van der Waals surface area contributed by atoms with Crippen LogP contribution in [0.5, 0.6) is 5.75 Å². The van der Waals surface area contributed by atoms with Gasteiger partial charge in [0.25, 0.3) is 0 Å². The van der Waals surface area contributed by atoms with Gasteiger partial charge in [0.1, 0.15) is 12.4 Å². The number of hydrogen-bond donors (Lipinski definition) is 3. The van der Waals surface area contributed by atoms with E-state index in [1.54, 1.807) is 35.7 Å². The summed E-state index contributed by atoms with van der Waals surface area (Å²) < 4.78 is 5.66. The third-order valence-electron chi connectivity index (χ3n) is 2.52. The van der Waals surface area contributed by atoms with E-state index in [4.69, 9.17) is 20.1 Å². The molecule has 0 aromatic heterocycles. The van der Waals surface area contributed by atoms with Gasteiger partial charge >= 0.3 is 5.97 Å². The largest absolute Gasteiger partial charge is 0.492 e. The minimum atomic E-state index is -0.960. The number of rotatable bonds is 11. The Hall–Kier alpha value is -0.890. The number of thioether (sulfide) groups is 2. The van der Waals surface area contributed by atoms with E-state index in [9.17, 15) is 4.79 Å². The van der Waals surface area contributed by atoms with E-state index in [2.05, 4.69) is 0 Å². The summed E-state index contributed by atoms with van der Waals surface area (Å²) in [5, 5.41) is 26.7. The van der Waals surface area contributed by atoms with Crippen molar-refractivity contribution < 1.29 is 24.9 Å². The summed E-state index contributed by atoms with van der Waals surface area (Å²) in [5.74, 6) is 1.83. The van der Waals surface area contributed by atoms with E-state index < -0.39 is 5.97 Å². The van der Waals surface area contributed by atoms with Gasteiger partial charge in [-0.3, -0.25) is 0 Å². The first-order valence-electron chi connectivity index (χ1n) is 6.54. The maximum Gasteiger partial charge on any atom is 0.335 e. The maximum absolute atomic E-state index is 10.8. The smallest absolute Gasteiger partial charge is 0.335 e. The molecule has 0 fully saturated rings. The van der Waals surface area contributed by atoms with E-state index in [1.807, 2.05) is 0 Å².